The highest BCUT2D eigenvalue weighted by Gasteiger charge is 2.24. The molecule has 0 fully saturated rings. The number of rotatable bonds is 5. The molecule has 0 amide bonds. The van der Waals surface area contributed by atoms with Crippen LogP contribution in [0.15, 0.2) is 65.6 Å². The van der Waals surface area contributed by atoms with Gasteiger partial charge in [0, 0.05) is 24.4 Å². The molecule has 0 radical (unpaired) electrons. The van der Waals surface area contributed by atoms with E-state index in [9.17, 15) is 8.42 Å². The lowest BCUT2D eigenvalue weighted by Gasteiger charge is -2.19. The first kappa shape index (κ1) is 17.9. The molecule has 0 spiro atoms. The van der Waals surface area contributed by atoms with E-state index in [-0.39, 0.29) is 11.4 Å². The fourth-order valence-corrected chi connectivity index (χ4v) is 4.25. The molecule has 6 heteroatoms. The van der Waals surface area contributed by atoms with E-state index in [2.05, 4.69) is 6.07 Å². The van der Waals surface area contributed by atoms with Crippen molar-refractivity contribution >= 4 is 20.8 Å². The van der Waals surface area contributed by atoms with E-state index >= 15 is 0 Å². The van der Waals surface area contributed by atoms with Crippen molar-refractivity contribution in [1.82, 2.24) is 4.31 Å². The van der Waals surface area contributed by atoms with Crippen molar-refractivity contribution in [3.63, 3.8) is 0 Å². The molecule has 3 aromatic carbocycles. The molecule has 0 aliphatic rings. The Balaban J connectivity index is 2.02. The number of ether oxygens (including phenoxy) is 1. The van der Waals surface area contributed by atoms with Gasteiger partial charge < -0.3 is 4.74 Å². The summed E-state index contributed by atoms with van der Waals surface area (Å²) in [6.07, 6.45) is 0. The van der Waals surface area contributed by atoms with Crippen molar-refractivity contribution in [3.8, 4) is 11.8 Å². The molecule has 132 valence electrons. The summed E-state index contributed by atoms with van der Waals surface area (Å²) in [4.78, 5) is 0.229. The molecule has 0 N–H and O–H groups in total. The zero-order chi connectivity index (χ0) is 18.7. The molecule has 26 heavy (non-hydrogen) atoms. The van der Waals surface area contributed by atoms with E-state index in [0.29, 0.717) is 16.7 Å². The number of sulfonamides is 1. The van der Waals surface area contributed by atoms with Gasteiger partial charge in [-0.25, -0.2) is 8.42 Å². The fraction of sp³-hybridized carbons (Fsp3) is 0.150. The minimum Gasteiger partial charge on any atom is -0.496 e. The molecule has 0 atom stereocenters. The normalized spacial score (nSPS) is 11.5. The zero-order valence-corrected chi connectivity index (χ0v) is 15.3. The minimum absolute atomic E-state index is 0.179. The molecule has 3 rings (SSSR count). The van der Waals surface area contributed by atoms with Crippen LogP contribution in [0.5, 0.6) is 5.75 Å². The van der Waals surface area contributed by atoms with Crippen molar-refractivity contribution in [2.75, 3.05) is 14.2 Å². The standard InChI is InChI=1S/C20H18N2O3S/c1-22(14-16-7-5-6-15(12-16)13-21)26(23,24)20-11-10-19(25-2)17-8-3-4-9-18(17)20/h3-12H,14H2,1-2H3. The van der Waals surface area contributed by atoms with Crippen LogP contribution in [0, 0.1) is 11.3 Å². The maximum absolute atomic E-state index is 13.1. The molecule has 0 unspecified atom stereocenters. The van der Waals surface area contributed by atoms with E-state index in [1.165, 1.54) is 11.4 Å². The van der Waals surface area contributed by atoms with Gasteiger partial charge in [-0.2, -0.15) is 9.57 Å². The van der Waals surface area contributed by atoms with Crippen LogP contribution >= 0.6 is 0 Å². The molecular weight excluding hydrogens is 348 g/mol. The van der Waals surface area contributed by atoms with Crippen molar-refractivity contribution in [1.29, 1.82) is 5.26 Å². The van der Waals surface area contributed by atoms with Crippen LogP contribution < -0.4 is 4.74 Å². The van der Waals surface area contributed by atoms with Gasteiger partial charge in [0.25, 0.3) is 0 Å². The number of methoxy groups -OCH3 is 1. The Morgan fingerprint density at radius 1 is 1.04 bits per heavy atom. The SMILES string of the molecule is COc1ccc(S(=O)(=O)N(C)Cc2cccc(C#N)c2)c2ccccc12. The van der Waals surface area contributed by atoms with Gasteiger partial charge in [-0.3, -0.25) is 0 Å². The van der Waals surface area contributed by atoms with Gasteiger partial charge in [-0.05, 0) is 29.8 Å². The average molecular weight is 366 g/mol. The van der Waals surface area contributed by atoms with Gasteiger partial charge in [0.05, 0.1) is 23.6 Å². The first-order valence-electron chi connectivity index (χ1n) is 7.98. The monoisotopic (exact) mass is 366 g/mol. The fourth-order valence-electron chi connectivity index (χ4n) is 2.90. The predicted molar refractivity (Wildman–Crippen MR) is 100 cm³/mol. The Labute approximate surface area is 153 Å². The predicted octanol–water partition coefficient (Wildman–Crippen LogP) is 3.54. The van der Waals surface area contributed by atoms with E-state index in [1.54, 1.807) is 55.6 Å². The molecule has 0 saturated heterocycles. The third-order valence-corrected chi connectivity index (χ3v) is 6.08. The summed E-state index contributed by atoms with van der Waals surface area (Å²) < 4.78 is 32.9. The summed E-state index contributed by atoms with van der Waals surface area (Å²) in [7, 11) is -0.619. The summed E-state index contributed by atoms with van der Waals surface area (Å²) >= 11 is 0. The van der Waals surface area contributed by atoms with Crippen molar-refractivity contribution in [2.45, 2.75) is 11.4 Å². The van der Waals surface area contributed by atoms with Gasteiger partial charge >= 0.3 is 0 Å². The molecular formula is C20H18N2O3S. The number of benzene rings is 3. The highest BCUT2D eigenvalue weighted by Crippen LogP contribution is 2.32. The van der Waals surface area contributed by atoms with E-state index in [1.807, 2.05) is 12.1 Å². The number of nitriles is 1. The van der Waals surface area contributed by atoms with Gasteiger partial charge in [-0.15, -0.1) is 0 Å². The number of fused-ring (bicyclic) bond motifs is 1. The lowest BCUT2D eigenvalue weighted by molar-refractivity contribution is 0.419. The molecule has 0 aliphatic heterocycles. The average Bonchev–Trinajstić information content (AvgIpc) is 2.67. The van der Waals surface area contributed by atoms with Gasteiger partial charge in [-0.1, -0.05) is 36.4 Å². The summed E-state index contributed by atoms with van der Waals surface area (Å²) in [5.74, 6) is 0.629. The number of hydrogen-bond donors (Lipinski definition) is 0. The third kappa shape index (κ3) is 3.27. The van der Waals surface area contributed by atoms with Crippen molar-refractivity contribution < 1.29 is 13.2 Å². The van der Waals surface area contributed by atoms with Crippen LogP contribution in [-0.4, -0.2) is 26.9 Å². The van der Waals surface area contributed by atoms with Gasteiger partial charge in [0.1, 0.15) is 5.75 Å². The second-order valence-corrected chi connectivity index (χ2v) is 7.90. The Bertz CT molecular complexity index is 1100. The first-order chi connectivity index (χ1) is 12.5. The van der Waals surface area contributed by atoms with Gasteiger partial charge in [0.2, 0.25) is 10.0 Å². The Hall–Kier alpha value is -2.88. The quantitative estimate of drug-likeness (QED) is 0.692. The second-order valence-electron chi connectivity index (χ2n) is 5.88. The number of nitrogens with zero attached hydrogens (tertiary/aromatic N) is 2. The maximum Gasteiger partial charge on any atom is 0.243 e. The van der Waals surface area contributed by atoms with Crippen LogP contribution in [0.3, 0.4) is 0 Å². The lowest BCUT2D eigenvalue weighted by Crippen LogP contribution is -2.26. The van der Waals surface area contributed by atoms with Gasteiger partial charge in [0.15, 0.2) is 0 Å². The van der Waals surface area contributed by atoms with Crippen LogP contribution in [0.4, 0.5) is 0 Å². The van der Waals surface area contributed by atoms with E-state index in [4.69, 9.17) is 10.00 Å². The summed E-state index contributed by atoms with van der Waals surface area (Å²) in [5.41, 5.74) is 1.26. The molecule has 0 aromatic heterocycles. The Morgan fingerprint density at radius 3 is 2.46 bits per heavy atom. The van der Waals surface area contributed by atoms with Crippen LogP contribution in [0.2, 0.25) is 0 Å². The molecule has 0 aliphatic carbocycles. The highest BCUT2D eigenvalue weighted by molar-refractivity contribution is 7.89. The first-order valence-corrected chi connectivity index (χ1v) is 9.42. The summed E-state index contributed by atoms with van der Waals surface area (Å²) in [6.45, 7) is 0.179. The van der Waals surface area contributed by atoms with Crippen LogP contribution in [0.25, 0.3) is 10.8 Å². The Kier molecular flexibility index (Phi) is 4.94. The minimum atomic E-state index is -3.71. The smallest absolute Gasteiger partial charge is 0.243 e. The van der Waals surface area contributed by atoms with Crippen LogP contribution in [0.1, 0.15) is 11.1 Å². The van der Waals surface area contributed by atoms with E-state index < -0.39 is 10.0 Å². The largest absolute Gasteiger partial charge is 0.496 e. The Morgan fingerprint density at radius 2 is 1.77 bits per heavy atom. The maximum atomic E-state index is 13.1. The lowest BCUT2D eigenvalue weighted by atomic mass is 10.1. The molecule has 0 bridgehead atoms. The highest BCUT2D eigenvalue weighted by atomic mass is 32.2. The van der Waals surface area contributed by atoms with Crippen molar-refractivity contribution in [3.05, 3.63) is 71.8 Å². The molecule has 3 aromatic rings. The topological polar surface area (TPSA) is 70.4 Å². The molecule has 5 nitrogen and oxygen atoms in total. The van der Waals surface area contributed by atoms with E-state index in [0.717, 1.165) is 10.9 Å². The zero-order valence-electron chi connectivity index (χ0n) is 14.5. The second kappa shape index (κ2) is 7.16. The molecule has 0 saturated carbocycles. The van der Waals surface area contributed by atoms with Crippen molar-refractivity contribution in [2.24, 2.45) is 0 Å². The summed E-state index contributed by atoms with van der Waals surface area (Å²) in [5, 5.41) is 10.4. The third-order valence-electron chi connectivity index (χ3n) is 4.21. The number of hydrogen-bond acceptors (Lipinski definition) is 4. The molecule has 0 heterocycles. The summed E-state index contributed by atoms with van der Waals surface area (Å²) in [6, 6.07) is 19.5. The van der Waals surface area contributed by atoms with Crippen LogP contribution in [-0.2, 0) is 16.6 Å².